The van der Waals surface area contributed by atoms with Crippen LogP contribution in [0.4, 0.5) is 5.69 Å². The van der Waals surface area contributed by atoms with E-state index in [1.54, 1.807) is 12.1 Å². The van der Waals surface area contributed by atoms with Gasteiger partial charge in [-0.3, -0.25) is 19.7 Å². The Hall–Kier alpha value is -4.13. The van der Waals surface area contributed by atoms with E-state index in [9.17, 15) is 14.4 Å². The predicted octanol–water partition coefficient (Wildman–Crippen LogP) is 3.66. The number of ether oxygens (including phenoxy) is 1. The highest BCUT2D eigenvalue weighted by molar-refractivity contribution is 6.05. The van der Waals surface area contributed by atoms with Crippen LogP contribution in [0.15, 0.2) is 72.8 Å². The van der Waals surface area contributed by atoms with Gasteiger partial charge in [-0.2, -0.15) is 0 Å². The van der Waals surface area contributed by atoms with E-state index < -0.39 is 11.9 Å². The zero-order chi connectivity index (χ0) is 24.4. The van der Waals surface area contributed by atoms with Crippen molar-refractivity contribution in [2.24, 2.45) is 0 Å². The number of nitrogens with zero attached hydrogens (tertiary/aromatic N) is 2. The van der Waals surface area contributed by atoms with Gasteiger partial charge in [0.1, 0.15) is 18.4 Å². The fourth-order valence-electron chi connectivity index (χ4n) is 4.64. The van der Waals surface area contributed by atoms with E-state index >= 15 is 0 Å². The van der Waals surface area contributed by atoms with Crippen molar-refractivity contribution < 1.29 is 19.1 Å². The molecule has 3 amide bonds. The summed E-state index contributed by atoms with van der Waals surface area (Å²) in [6.45, 7) is 1.47. The van der Waals surface area contributed by atoms with Crippen LogP contribution in [0.25, 0.3) is 0 Å². The lowest BCUT2D eigenvalue weighted by Gasteiger charge is -2.29. The maximum Gasteiger partial charge on any atom is 0.255 e. The highest BCUT2D eigenvalue weighted by atomic mass is 16.5. The molecule has 0 spiro atoms. The number of benzene rings is 3. The average Bonchev–Trinajstić information content (AvgIpc) is 3.21. The summed E-state index contributed by atoms with van der Waals surface area (Å²) in [5.74, 6) is -0.273. The molecule has 2 aliphatic heterocycles. The normalized spacial score (nSPS) is 17.2. The average molecular weight is 470 g/mol. The van der Waals surface area contributed by atoms with Crippen molar-refractivity contribution in [2.75, 3.05) is 11.9 Å². The summed E-state index contributed by atoms with van der Waals surface area (Å²) in [6.07, 6.45) is 0.573. The summed E-state index contributed by atoms with van der Waals surface area (Å²) in [5, 5.41) is 2.33. The van der Waals surface area contributed by atoms with Crippen LogP contribution in [0.2, 0.25) is 0 Å². The van der Waals surface area contributed by atoms with Crippen LogP contribution in [0.5, 0.6) is 5.75 Å². The molecular formula is C28H27N3O4. The zero-order valence-corrected chi connectivity index (χ0v) is 19.6. The molecule has 1 unspecified atom stereocenters. The summed E-state index contributed by atoms with van der Waals surface area (Å²) in [6, 6.07) is 23.3. The van der Waals surface area contributed by atoms with Gasteiger partial charge < -0.3 is 14.5 Å². The molecule has 0 saturated carbocycles. The number of imide groups is 1. The summed E-state index contributed by atoms with van der Waals surface area (Å²) in [7, 11) is 2.07. The van der Waals surface area contributed by atoms with Crippen molar-refractivity contribution >= 4 is 23.4 Å². The van der Waals surface area contributed by atoms with Crippen LogP contribution in [0.3, 0.4) is 0 Å². The first-order chi connectivity index (χ1) is 17.0. The number of hydrogen-bond donors (Lipinski definition) is 1. The first-order valence-corrected chi connectivity index (χ1v) is 11.7. The maximum absolute atomic E-state index is 13.0. The van der Waals surface area contributed by atoms with Gasteiger partial charge in [0, 0.05) is 36.8 Å². The van der Waals surface area contributed by atoms with E-state index in [0.29, 0.717) is 30.9 Å². The van der Waals surface area contributed by atoms with Gasteiger partial charge in [-0.05, 0) is 41.8 Å². The van der Waals surface area contributed by atoms with Crippen LogP contribution in [-0.4, -0.2) is 35.7 Å². The molecule has 5 rings (SSSR count). The van der Waals surface area contributed by atoms with Crippen molar-refractivity contribution in [3.8, 4) is 5.75 Å². The maximum atomic E-state index is 13.0. The molecule has 1 saturated heterocycles. The van der Waals surface area contributed by atoms with E-state index in [-0.39, 0.29) is 18.2 Å². The second-order valence-electron chi connectivity index (χ2n) is 8.98. The summed E-state index contributed by atoms with van der Waals surface area (Å²) >= 11 is 0. The van der Waals surface area contributed by atoms with Gasteiger partial charge in [0.2, 0.25) is 11.8 Å². The van der Waals surface area contributed by atoms with Crippen LogP contribution in [-0.2, 0) is 29.3 Å². The Morgan fingerprint density at radius 1 is 0.943 bits per heavy atom. The number of anilines is 1. The molecule has 7 nitrogen and oxygen atoms in total. The number of fused-ring (bicyclic) bond motifs is 1. The minimum absolute atomic E-state index is 0.202. The Bertz CT molecular complexity index is 1260. The van der Waals surface area contributed by atoms with Crippen LogP contribution < -0.4 is 15.0 Å². The molecule has 1 fully saturated rings. The fourth-order valence-corrected chi connectivity index (χ4v) is 4.64. The van der Waals surface area contributed by atoms with Gasteiger partial charge >= 0.3 is 0 Å². The summed E-state index contributed by atoms with van der Waals surface area (Å²) < 4.78 is 6.11. The smallest absolute Gasteiger partial charge is 0.255 e. The molecule has 3 aromatic carbocycles. The Labute approximate surface area is 204 Å². The number of nitrogens with one attached hydrogen (secondary N) is 1. The third kappa shape index (κ3) is 4.75. The molecule has 0 radical (unpaired) electrons. The fraction of sp³-hybridized carbons (Fsp3) is 0.250. The molecular weight excluding hydrogens is 442 g/mol. The first-order valence-electron chi connectivity index (χ1n) is 11.7. The lowest BCUT2D eigenvalue weighted by molar-refractivity contribution is -0.136. The molecule has 0 bridgehead atoms. The number of carbonyl (C=O) groups excluding carboxylic acids is 3. The minimum Gasteiger partial charge on any atom is -0.489 e. The lowest BCUT2D eigenvalue weighted by Crippen LogP contribution is -2.52. The van der Waals surface area contributed by atoms with Gasteiger partial charge in [0.15, 0.2) is 0 Å². The van der Waals surface area contributed by atoms with Gasteiger partial charge in [0.05, 0.1) is 6.54 Å². The molecule has 1 N–H and O–H groups in total. The van der Waals surface area contributed by atoms with E-state index in [1.165, 1.54) is 16.2 Å². The monoisotopic (exact) mass is 469 g/mol. The molecule has 3 aromatic rings. The number of para-hydroxylation sites is 1. The topological polar surface area (TPSA) is 79.0 Å². The van der Waals surface area contributed by atoms with Crippen molar-refractivity contribution in [3.63, 3.8) is 0 Å². The van der Waals surface area contributed by atoms with Gasteiger partial charge in [-0.25, -0.2) is 0 Å². The van der Waals surface area contributed by atoms with Gasteiger partial charge in [-0.1, -0.05) is 48.5 Å². The van der Waals surface area contributed by atoms with Crippen LogP contribution in [0, 0.1) is 0 Å². The van der Waals surface area contributed by atoms with Crippen molar-refractivity contribution in [1.82, 2.24) is 10.2 Å². The second kappa shape index (κ2) is 9.62. The number of amides is 3. The molecule has 0 aromatic heterocycles. The SMILES string of the molecule is CN(Cc1ccc(COc2cccc3c2CN(C2CCC(=O)NC2=O)C3=O)cc1)c1ccccc1. The van der Waals surface area contributed by atoms with Crippen LogP contribution >= 0.6 is 0 Å². The quantitative estimate of drug-likeness (QED) is 0.535. The first kappa shape index (κ1) is 22.7. The zero-order valence-electron chi connectivity index (χ0n) is 19.6. The van der Waals surface area contributed by atoms with Crippen molar-refractivity contribution in [2.45, 2.75) is 38.6 Å². The Kier molecular flexibility index (Phi) is 6.23. The largest absolute Gasteiger partial charge is 0.489 e. The standard InChI is InChI=1S/C28H27N3O4/c1-30(21-6-3-2-4-7-21)16-19-10-12-20(13-11-19)18-35-25-9-5-8-22-23(25)17-31(28(22)34)24-14-15-26(32)29-27(24)33/h2-13,24H,14-18H2,1H3,(H,29,32,33). The van der Waals surface area contributed by atoms with Crippen molar-refractivity contribution in [3.05, 3.63) is 95.1 Å². The molecule has 7 heteroatoms. The minimum atomic E-state index is -0.637. The number of carbonyl (C=O) groups is 3. The molecule has 35 heavy (non-hydrogen) atoms. The van der Waals surface area contributed by atoms with Crippen molar-refractivity contribution in [1.29, 1.82) is 0 Å². The van der Waals surface area contributed by atoms with Gasteiger partial charge in [-0.15, -0.1) is 0 Å². The second-order valence-corrected chi connectivity index (χ2v) is 8.98. The predicted molar refractivity (Wildman–Crippen MR) is 132 cm³/mol. The van der Waals surface area contributed by atoms with Crippen LogP contribution in [0.1, 0.15) is 39.9 Å². The Balaban J connectivity index is 1.23. The number of piperidine rings is 1. The van der Waals surface area contributed by atoms with E-state index in [0.717, 1.165) is 17.7 Å². The number of rotatable bonds is 7. The summed E-state index contributed by atoms with van der Waals surface area (Å²) in [5.41, 5.74) is 4.72. The molecule has 0 aliphatic carbocycles. The Morgan fingerprint density at radius 2 is 1.69 bits per heavy atom. The third-order valence-corrected chi connectivity index (χ3v) is 6.57. The molecule has 1 atom stereocenters. The lowest BCUT2D eigenvalue weighted by atomic mass is 10.0. The molecule has 2 aliphatic rings. The van der Waals surface area contributed by atoms with E-state index in [1.807, 2.05) is 24.3 Å². The Morgan fingerprint density at radius 3 is 2.43 bits per heavy atom. The number of hydrogen-bond acceptors (Lipinski definition) is 5. The van der Waals surface area contributed by atoms with E-state index in [2.05, 4.69) is 53.7 Å². The highest BCUT2D eigenvalue weighted by Gasteiger charge is 2.40. The van der Waals surface area contributed by atoms with E-state index in [4.69, 9.17) is 4.74 Å². The highest BCUT2D eigenvalue weighted by Crippen LogP contribution is 2.34. The van der Waals surface area contributed by atoms with Gasteiger partial charge in [0.25, 0.3) is 5.91 Å². The third-order valence-electron chi connectivity index (χ3n) is 6.57. The molecule has 178 valence electrons. The molecule has 2 heterocycles. The summed E-state index contributed by atoms with van der Waals surface area (Å²) in [4.78, 5) is 40.5.